The van der Waals surface area contributed by atoms with E-state index in [4.69, 9.17) is 4.74 Å². The van der Waals surface area contributed by atoms with Crippen molar-refractivity contribution in [2.45, 2.75) is 126 Å². The SMILES string of the molecule is C[C@H]1[C@H](C)CCC[C@]2(O[C@H]3C[C@@]4(O)C5=CC(=O)[C@@H]6[C@@H](c7ccc(O)c(O)c7)[C@@H](O)[C@@H](O)C[C@]6(C)[C@H]5CC[C@]4(C)[C@H]3[C@]2(O)CCO)[C@H]1O. The number of benzene rings is 1. The number of phenols is 2. The van der Waals surface area contributed by atoms with Crippen LogP contribution in [0.5, 0.6) is 11.5 Å². The molecule has 10 nitrogen and oxygen atoms in total. The molecule has 0 bridgehead atoms. The van der Waals surface area contributed by atoms with Gasteiger partial charge in [0.1, 0.15) is 11.2 Å². The first-order valence-corrected chi connectivity index (χ1v) is 17.6. The number of fused-ring (bicyclic) bond motifs is 7. The molecular weight excluding hydrogens is 604 g/mol. The van der Waals surface area contributed by atoms with Crippen LogP contribution in [0.2, 0.25) is 0 Å². The molecule has 0 amide bonds. The lowest BCUT2D eigenvalue weighted by Gasteiger charge is -2.62. The van der Waals surface area contributed by atoms with Gasteiger partial charge in [-0.05, 0) is 78.2 Å². The largest absolute Gasteiger partial charge is 0.504 e. The first-order valence-electron chi connectivity index (χ1n) is 17.6. The molecule has 0 unspecified atom stereocenters. The molecule has 6 aliphatic rings. The van der Waals surface area contributed by atoms with Gasteiger partial charge in [0.15, 0.2) is 17.3 Å². The normalized spacial score (nSPS) is 52.3. The minimum Gasteiger partial charge on any atom is -0.504 e. The summed E-state index contributed by atoms with van der Waals surface area (Å²) < 4.78 is 6.88. The Hall–Kier alpha value is -2.05. The smallest absolute Gasteiger partial charge is 0.160 e. The molecule has 260 valence electrons. The van der Waals surface area contributed by atoms with Crippen LogP contribution in [0.1, 0.15) is 90.5 Å². The van der Waals surface area contributed by atoms with Crippen molar-refractivity contribution in [2.75, 3.05) is 6.61 Å². The molecule has 8 N–H and O–H groups in total. The van der Waals surface area contributed by atoms with Gasteiger partial charge < -0.3 is 45.6 Å². The summed E-state index contributed by atoms with van der Waals surface area (Å²) in [5.74, 6) is -3.48. The van der Waals surface area contributed by atoms with Crippen LogP contribution >= 0.6 is 0 Å². The number of aliphatic hydroxyl groups is 6. The first-order chi connectivity index (χ1) is 22.0. The van der Waals surface area contributed by atoms with Crippen LogP contribution in [0.3, 0.4) is 0 Å². The summed E-state index contributed by atoms with van der Waals surface area (Å²) in [4.78, 5) is 14.3. The van der Waals surface area contributed by atoms with Crippen LogP contribution in [0, 0.1) is 40.4 Å². The van der Waals surface area contributed by atoms with Crippen molar-refractivity contribution in [3.05, 3.63) is 35.4 Å². The van der Waals surface area contributed by atoms with Crippen LogP contribution in [-0.2, 0) is 9.53 Å². The Balaban J connectivity index is 1.31. The molecule has 1 aromatic rings. The van der Waals surface area contributed by atoms with Crippen LogP contribution < -0.4 is 0 Å². The fourth-order valence-electron chi connectivity index (χ4n) is 12.3. The summed E-state index contributed by atoms with van der Waals surface area (Å²) in [6.07, 6.45) is 0.831. The van der Waals surface area contributed by atoms with Crippen molar-refractivity contribution < 1.29 is 50.4 Å². The van der Waals surface area contributed by atoms with Gasteiger partial charge in [-0.2, -0.15) is 0 Å². The Labute approximate surface area is 276 Å². The highest BCUT2D eigenvalue weighted by molar-refractivity contribution is 5.96. The fourth-order valence-corrected chi connectivity index (χ4v) is 12.3. The summed E-state index contributed by atoms with van der Waals surface area (Å²) in [5.41, 5.74) is -5.28. The van der Waals surface area contributed by atoms with Crippen molar-refractivity contribution in [3.8, 4) is 11.5 Å². The van der Waals surface area contributed by atoms with Crippen LogP contribution in [-0.4, -0.2) is 94.5 Å². The number of aliphatic hydroxyl groups excluding tert-OH is 4. The van der Waals surface area contributed by atoms with Crippen molar-refractivity contribution in [1.82, 2.24) is 0 Å². The van der Waals surface area contributed by atoms with E-state index in [0.717, 1.165) is 12.8 Å². The quantitative estimate of drug-likeness (QED) is 0.225. The number of hydrogen-bond donors (Lipinski definition) is 8. The van der Waals surface area contributed by atoms with Crippen LogP contribution in [0.4, 0.5) is 0 Å². The number of aromatic hydroxyl groups is 2. The van der Waals surface area contributed by atoms with E-state index in [-0.39, 0.29) is 60.9 Å². The predicted molar refractivity (Wildman–Crippen MR) is 170 cm³/mol. The molecule has 1 spiro atoms. The van der Waals surface area contributed by atoms with E-state index >= 15 is 0 Å². The van der Waals surface area contributed by atoms with E-state index in [9.17, 15) is 45.6 Å². The minimum absolute atomic E-state index is 0.00949. The first kappa shape index (κ1) is 33.4. The molecule has 5 fully saturated rings. The maximum atomic E-state index is 14.3. The number of ketones is 1. The molecule has 10 heteroatoms. The third-order valence-electron chi connectivity index (χ3n) is 14.8. The lowest BCUT2D eigenvalue weighted by Crippen LogP contribution is -2.68. The van der Waals surface area contributed by atoms with Gasteiger partial charge in [-0.3, -0.25) is 4.79 Å². The second-order valence-corrected chi connectivity index (χ2v) is 16.7. The Kier molecular flexibility index (Phi) is 7.63. The zero-order valence-electron chi connectivity index (χ0n) is 27.8. The molecule has 5 aliphatic carbocycles. The number of carbonyl (C=O) groups excluding carboxylic acids is 1. The fraction of sp³-hybridized carbons (Fsp3) is 0.757. The molecule has 4 saturated carbocycles. The van der Waals surface area contributed by atoms with Gasteiger partial charge in [0.05, 0.1) is 30.0 Å². The van der Waals surface area contributed by atoms with Gasteiger partial charge >= 0.3 is 0 Å². The van der Waals surface area contributed by atoms with Gasteiger partial charge in [0, 0.05) is 42.6 Å². The van der Waals surface area contributed by atoms with E-state index < -0.39 is 69.8 Å². The van der Waals surface area contributed by atoms with Gasteiger partial charge in [-0.25, -0.2) is 0 Å². The van der Waals surface area contributed by atoms with Gasteiger partial charge in [-0.15, -0.1) is 0 Å². The Morgan fingerprint density at radius 2 is 1.70 bits per heavy atom. The van der Waals surface area contributed by atoms with E-state index in [0.29, 0.717) is 30.4 Å². The molecular formula is C37H52O10. The molecule has 0 aromatic heterocycles. The summed E-state index contributed by atoms with van der Waals surface area (Å²) in [6.45, 7) is 7.67. The maximum absolute atomic E-state index is 14.3. The number of carbonyl (C=O) groups is 1. The molecule has 1 saturated heterocycles. The number of allylic oxidation sites excluding steroid dienone is 1. The highest BCUT2D eigenvalue weighted by Gasteiger charge is 2.80. The molecule has 1 aromatic carbocycles. The van der Waals surface area contributed by atoms with Crippen LogP contribution in [0.25, 0.3) is 0 Å². The van der Waals surface area contributed by atoms with Gasteiger partial charge in [0.25, 0.3) is 0 Å². The van der Waals surface area contributed by atoms with Crippen molar-refractivity contribution >= 4 is 5.78 Å². The summed E-state index contributed by atoms with van der Waals surface area (Å²) in [6, 6.07) is 4.19. The summed E-state index contributed by atoms with van der Waals surface area (Å²) in [7, 11) is 0. The molecule has 0 radical (unpaired) electrons. The molecule has 7 rings (SSSR count). The molecule has 47 heavy (non-hydrogen) atoms. The number of phenolic OH excluding ortho intramolecular Hbond substituents is 2. The van der Waals surface area contributed by atoms with Gasteiger partial charge in [-0.1, -0.05) is 46.6 Å². The zero-order chi connectivity index (χ0) is 34.1. The number of hydrogen-bond acceptors (Lipinski definition) is 10. The van der Waals surface area contributed by atoms with E-state index in [1.165, 1.54) is 18.2 Å². The van der Waals surface area contributed by atoms with E-state index in [1.54, 1.807) is 6.07 Å². The molecule has 1 heterocycles. The zero-order valence-corrected chi connectivity index (χ0v) is 27.8. The number of rotatable bonds is 3. The standard InChI is InChI=1S/C37H52O10/c1-18-6-5-10-37(32(44)19(18)2)35(45,12-13-38)31-27(47-37)17-36(46)22-15-25(41)29-28(20-7-8-23(39)24(40)14-20)30(43)26(42)16-33(29,3)21(22)9-11-34(31,36)4/h7-8,14-15,18-19,21,26-32,38-40,42-46H,5-6,9-13,16-17H2,1-4H3/t18-,19+,21+,26+,27+,28-,29-,30+,31+,32+,33-,34-,35-,36-,37+/m1/s1. The average molecular weight is 657 g/mol. The average Bonchev–Trinajstić information content (AvgIpc) is 3.35. The monoisotopic (exact) mass is 656 g/mol. The Bertz CT molecular complexity index is 1480. The predicted octanol–water partition coefficient (Wildman–Crippen LogP) is 2.67. The highest BCUT2D eigenvalue weighted by atomic mass is 16.6. The molecule has 15 atom stereocenters. The minimum atomic E-state index is -1.63. The maximum Gasteiger partial charge on any atom is 0.160 e. The highest BCUT2D eigenvalue weighted by Crippen LogP contribution is 2.73. The third kappa shape index (κ3) is 4.12. The van der Waals surface area contributed by atoms with Crippen LogP contribution in [0.15, 0.2) is 29.8 Å². The lowest BCUT2D eigenvalue weighted by molar-refractivity contribution is -0.232. The summed E-state index contributed by atoms with van der Waals surface area (Å²) >= 11 is 0. The Morgan fingerprint density at radius 1 is 0.979 bits per heavy atom. The second-order valence-electron chi connectivity index (χ2n) is 16.7. The molecule has 1 aliphatic heterocycles. The Morgan fingerprint density at radius 3 is 2.38 bits per heavy atom. The summed E-state index contributed by atoms with van der Waals surface area (Å²) in [5, 5.41) is 90.8. The lowest BCUT2D eigenvalue weighted by atomic mass is 9.43. The topological polar surface area (TPSA) is 188 Å². The van der Waals surface area contributed by atoms with Crippen molar-refractivity contribution in [2.24, 2.45) is 40.4 Å². The van der Waals surface area contributed by atoms with Gasteiger partial charge in [0.2, 0.25) is 0 Å². The second kappa shape index (κ2) is 10.7. The van der Waals surface area contributed by atoms with Crippen molar-refractivity contribution in [3.63, 3.8) is 0 Å². The number of ether oxygens (including phenoxy) is 1. The third-order valence-corrected chi connectivity index (χ3v) is 14.8. The van der Waals surface area contributed by atoms with E-state index in [1.807, 2.05) is 20.8 Å². The van der Waals surface area contributed by atoms with E-state index in [2.05, 4.69) is 6.92 Å². The van der Waals surface area contributed by atoms with Crippen molar-refractivity contribution in [1.29, 1.82) is 0 Å².